The highest BCUT2D eigenvalue weighted by Gasteiger charge is 2.22. The zero-order valence-corrected chi connectivity index (χ0v) is 16.4. The number of nitrogens with zero attached hydrogens (tertiary/aromatic N) is 2. The second kappa shape index (κ2) is 7.31. The highest BCUT2D eigenvalue weighted by Crippen LogP contribution is 2.28. The molecule has 0 amide bonds. The van der Waals surface area contributed by atoms with Crippen LogP contribution in [0.3, 0.4) is 0 Å². The van der Waals surface area contributed by atoms with Crippen LogP contribution in [0.5, 0.6) is 0 Å². The van der Waals surface area contributed by atoms with Crippen molar-refractivity contribution < 1.29 is 4.79 Å². The van der Waals surface area contributed by atoms with Crippen molar-refractivity contribution in [2.45, 2.75) is 50.1 Å². The predicted octanol–water partition coefficient (Wildman–Crippen LogP) is 4.27. The van der Waals surface area contributed by atoms with E-state index in [0.717, 1.165) is 18.4 Å². The first-order valence-electron chi connectivity index (χ1n) is 9.40. The van der Waals surface area contributed by atoms with E-state index in [1.807, 2.05) is 44.2 Å². The molecule has 4 nitrogen and oxygen atoms in total. The van der Waals surface area contributed by atoms with Gasteiger partial charge in [0.05, 0.1) is 16.2 Å². The van der Waals surface area contributed by atoms with Crippen LogP contribution in [0.2, 0.25) is 0 Å². The summed E-state index contributed by atoms with van der Waals surface area (Å²) >= 11 is 1.36. The molecule has 1 aliphatic carbocycles. The molecule has 5 heteroatoms. The minimum absolute atomic E-state index is 0.0530. The molecule has 0 bridgehead atoms. The smallest absolute Gasteiger partial charge is 0.262 e. The van der Waals surface area contributed by atoms with Crippen LogP contribution in [0.4, 0.5) is 0 Å². The van der Waals surface area contributed by atoms with Gasteiger partial charge in [0.15, 0.2) is 10.9 Å². The molecule has 0 saturated heterocycles. The maximum absolute atomic E-state index is 13.0. The largest absolute Gasteiger partial charge is 0.293 e. The molecule has 4 rings (SSSR count). The number of hydrogen-bond acceptors (Lipinski definition) is 4. The molecule has 2 aromatic carbocycles. The number of aromatic nitrogens is 2. The van der Waals surface area contributed by atoms with E-state index < -0.39 is 0 Å². The van der Waals surface area contributed by atoms with Gasteiger partial charge in [0.25, 0.3) is 5.56 Å². The first kappa shape index (κ1) is 18.0. The van der Waals surface area contributed by atoms with Crippen molar-refractivity contribution in [1.82, 2.24) is 9.55 Å². The Morgan fingerprint density at radius 3 is 2.78 bits per heavy atom. The van der Waals surface area contributed by atoms with Crippen molar-refractivity contribution in [3.05, 3.63) is 69.5 Å². The van der Waals surface area contributed by atoms with Gasteiger partial charge in [-0.05, 0) is 62.4 Å². The van der Waals surface area contributed by atoms with Crippen LogP contribution in [-0.4, -0.2) is 20.6 Å². The molecule has 0 unspecified atom stereocenters. The Morgan fingerprint density at radius 1 is 1.19 bits per heavy atom. The van der Waals surface area contributed by atoms with Gasteiger partial charge < -0.3 is 0 Å². The Bertz CT molecular complexity index is 1090. The summed E-state index contributed by atoms with van der Waals surface area (Å²) in [5, 5.41) is 0.903. The highest BCUT2D eigenvalue weighted by molar-refractivity contribution is 8.00. The van der Waals surface area contributed by atoms with Crippen LogP contribution in [0.1, 0.15) is 41.8 Å². The third-order valence-electron chi connectivity index (χ3n) is 5.18. The Labute approximate surface area is 162 Å². The van der Waals surface area contributed by atoms with Gasteiger partial charge in [0, 0.05) is 12.1 Å². The number of Topliss-reactive ketones (excluding diaryl/α,β-unsaturated/α-hetero) is 1. The Balaban J connectivity index is 1.65. The molecule has 1 atom stereocenters. The molecular weight excluding hydrogens is 356 g/mol. The number of ketones is 1. The molecule has 0 saturated carbocycles. The zero-order chi connectivity index (χ0) is 19.0. The first-order chi connectivity index (χ1) is 13.1. The van der Waals surface area contributed by atoms with Gasteiger partial charge in [-0.1, -0.05) is 36.0 Å². The maximum Gasteiger partial charge on any atom is 0.262 e. The van der Waals surface area contributed by atoms with E-state index in [1.54, 1.807) is 10.6 Å². The number of para-hydroxylation sites is 1. The third-order valence-corrected chi connectivity index (χ3v) is 6.27. The van der Waals surface area contributed by atoms with Gasteiger partial charge >= 0.3 is 0 Å². The summed E-state index contributed by atoms with van der Waals surface area (Å²) in [7, 11) is 0. The second-order valence-electron chi connectivity index (χ2n) is 6.92. The average molecular weight is 378 g/mol. The lowest BCUT2D eigenvalue weighted by Crippen LogP contribution is -2.24. The number of aryl methyl sites for hydroxylation is 2. The monoisotopic (exact) mass is 378 g/mol. The van der Waals surface area contributed by atoms with Crippen LogP contribution in [0, 0.1) is 0 Å². The van der Waals surface area contributed by atoms with E-state index in [0.29, 0.717) is 22.6 Å². The molecule has 27 heavy (non-hydrogen) atoms. The van der Waals surface area contributed by atoms with Crippen LogP contribution >= 0.6 is 11.8 Å². The van der Waals surface area contributed by atoms with Crippen molar-refractivity contribution in [1.29, 1.82) is 0 Å². The predicted molar refractivity (Wildman–Crippen MR) is 110 cm³/mol. The Morgan fingerprint density at radius 2 is 1.96 bits per heavy atom. The summed E-state index contributed by atoms with van der Waals surface area (Å²) in [5.41, 5.74) is 4.03. The van der Waals surface area contributed by atoms with Crippen LogP contribution in [0.25, 0.3) is 10.9 Å². The summed E-state index contributed by atoms with van der Waals surface area (Å²) in [4.78, 5) is 30.4. The summed E-state index contributed by atoms with van der Waals surface area (Å²) < 4.78 is 1.65. The van der Waals surface area contributed by atoms with Crippen LogP contribution in [-0.2, 0) is 19.4 Å². The van der Waals surface area contributed by atoms with E-state index in [1.165, 1.54) is 29.3 Å². The minimum Gasteiger partial charge on any atom is -0.293 e. The highest BCUT2D eigenvalue weighted by atomic mass is 32.2. The average Bonchev–Trinajstić information content (AvgIpc) is 3.15. The van der Waals surface area contributed by atoms with E-state index in [4.69, 9.17) is 0 Å². The number of carbonyl (C=O) groups excluding carboxylic acids is 1. The molecule has 1 aromatic heterocycles. The molecule has 0 spiro atoms. The number of benzene rings is 2. The normalized spacial score (nSPS) is 14.3. The molecule has 138 valence electrons. The number of carbonyl (C=O) groups is 1. The van der Waals surface area contributed by atoms with Crippen molar-refractivity contribution in [3.63, 3.8) is 0 Å². The van der Waals surface area contributed by atoms with Gasteiger partial charge in [-0.15, -0.1) is 0 Å². The number of fused-ring (bicyclic) bond motifs is 2. The zero-order valence-electron chi connectivity index (χ0n) is 15.6. The molecule has 1 heterocycles. The van der Waals surface area contributed by atoms with Crippen molar-refractivity contribution >= 4 is 28.4 Å². The van der Waals surface area contributed by atoms with Gasteiger partial charge in [0.2, 0.25) is 0 Å². The van der Waals surface area contributed by atoms with E-state index in [2.05, 4.69) is 11.1 Å². The van der Waals surface area contributed by atoms with Crippen LogP contribution in [0.15, 0.2) is 52.4 Å². The Kier molecular flexibility index (Phi) is 4.87. The second-order valence-corrected chi connectivity index (χ2v) is 8.23. The quantitative estimate of drug-likeness (QED) is 0.378. The van der Waals surface area contributed by atoms with E-state index in [-0.39, 0.29) is 16.6 Å². The maximum atomic E-state index is 13.0. The summed E-state index contributed by atoms with van der Waals surface area (Å²) in [6, 6.07) is 13.4. The minimum atomic E-state index is -0.310. The third kappa shape index (κ3) is 3.32. The van der Waals surface area contributed by atoms with E-state index >= 15 is 0 Å². The molecule has 1 aliphatic rings. The lowest BCUT2D eigenvalue weighted by molar-refractivity contribution is 0.0993. The fourth-order valence-corrected chi connectivity index (χ4v) is 4.74. The standard InChI is InChI=1S/C22H22N2O2S/c1-3-24-21(26)18-9-4-5-10-19(18)23-22(24)27-14(2)20(25)17-12-11-15-7-6-8-16(15)13-17/h4-5,9-14H,3,6-8H2,1-2H3/t14-/m0/s1. The van der Waals surface area contributed by atoms with E-state index in [9.17, 15) is 9.59 Å². The van der Waals surface area contributed by atoms with Gasteiger partial charge in [0.1, 0.15) is 0 Å². The summed E-state index contributed by atoms with van der Waals surface area (Å²) in [5.74, 6) is 0.0831. The fraction of sp³-hybridized carbons (Fsp3) is 0.318. The SMILES string of the molecule is CCn1c(S[C@@H](C)C(=O)c2ccc3c(c2)CCC3)nc2ccccc2c1=O. The van der Waals surface area contributed by atoms with Gasteiger partial charge in [-0.3, -0.25) is 14.2 Å². The fourth-order valence-electron chi connectivity index (χ4n) is 3.69. The Hall–Kier alpha value is -2.40. The molecule has 0 radical (unpaired) electrons. The van der Waals surface area contributed by atoms with Crippen molar-refractivity contribution in [2.75, 3.05) is 0 Å². The molecule has 0 N–H and O–H groups in total. The number of hydrogen-bond donors (Lipinski definition) is 0. The van der Waals surface area contributed by atoms with Gasteiger partial charge in [-0.2, -0.15) is 0 Å². The van der Waals surface area contributed by atoms with Gasteiger partial charge in [-0.25, -0.2) is 4.98 Å². The molecule has 0 aliphatic heterocycles. The van der Waals surface area contributed by atoms with Crippen molar-refractivity contribution in [3.8, 4) is 0 Å². The number of thioether (sulfide) groups is 1. The molecule has 0 fully saturated rings. The lowest BCUT2D eigenvalue weighted by Gasteiger charge is -2.15. The van der Waals surface area contributed by atoms with Crippen LogP contribution < -0.4 is 5.56 Å². The topological polar surface area (TPSA) is 52.0 Å². The molecule has 3 aromatic rings. The first-order valence-corrected chi connectivity index (χ1v) is 10.3. The lowest BCUT2D eigenvalue weighted by atomic mass is 10.0. The molecular formula is C22H22N2O2S. The summed E-state index contributed by atoms with van der Waals surface area (Å²) in [6.07, 6.45) is 3.33. The summed E-state index contributed by atoms with van der Waals surface area (Å²) in [6.45, 7) is 4.34. The van der Waals surface area contributed by atoms with Crippen molar-refractivity contribution in [2.24, 2.45) is 0 Å². The number of rotatable bonds is 5.